The average Bonchev–Trinajstić information content (AvgIpc) is 2.62. The summed E-state index contributed by atoms with van der Waals surface area (Å²) < 4.78 is 11.7. The second-order valence-electron chi connectivity index (χ2n) is 5.73. The van der Waals surface area contributed by atoms with Crippen LogP contribution in [-0.2, 0) is 20.9 Å². The van der Waals surface area contributed by atoms with Crippen LogP contribution in [0.25, 0.3) is 0 Å². The highest BCUT2D eigenvalue weighted by Gasteiger charge is 2.49. The normalized spacial score (nSPS) is 25.7. The maximum atomic E-state index is 11.9. The molecule has 3 heteroatoms. The number of rotatable bonds is 5. The molecule has 1 fully saturated rings. The van der Waals surface area contributed by atoms with Crippen LogP contribution >= 0.6 is 0 Å². The van der Waals surface area contributed by atoms with E-state index in [1.807, 2.05) is 51.1 Å². The first-order valence-corrected chi connectivity index (χ1v) is 6.83. The molecule has 104 valence electrons. The quantitative estimate of drug-likeness (QED) is 0.818. The molecule has 1 aliphatic heterocycles. The minimum absolute atomic E-state index is 0.165. The Hall–Kier alpha value is -1.19. The van der Waals surface area contributed by atoms with Gasteiger partial charge in [0, 0.05) is 6.42 Å². The summed E-state index contributed by atoms with van der Waals surface area (Å²) in [5.41, 5.74) is 0.0129. The van der Waals surface area contributed by atoms with Crippen LogP contribution in [0.2, 0.25) is 0 Å². The summed E-state index contributed by atoms with van der Waals surface area (Å²) in [6, 6.07) is 10.0. The van der Waals surface area contributed by atoms with E-state index in [0.717, 1.165) is 12.0 Å². The number of carbonyl (C=O) groups is 1. The smallest absolute Gasteiger partial charge is 0.167 e. The van der Waals surface area contributed by atoms with E-state index in [1.165, 1.54) is 0 Å². The van der Waals surface area contributed by atoms with E-state index in [0.29, 0.717) is 19.6 Å². The van der Waals surface area contributed by atoms with Crippen molar-refractivity contribution in [2.75, 3.05) is 6.61 Å². The van der Waals surface area contributed by atoms with Crippen molar-refractivity contribution in [3.63, 3.8) is 0 Å². The minimum Gasteiger partial charge on any atom is -0.374 e. The summed E-state index contributed by atoms with van der Waals surface area (Å²) in [7, 11) is 0. The Kier molecular flexibility index (Phi) is 4.07. The molecule has 0 radical (unpaired) electrons. The summed E-state index contributed by atoms with van der Waals surface area (Å²) in [6.07, 6.45) is 1.24. The number of ketones is 1. The highest BCUT2D eigenvalue weighted by molar-refractivity contribution is 5.89. The van der Waals surface area contributed by atoms with Gasteiger partial charge in [-0.2, -0.15) is 0 Å². The van der Waals surface area contributed by atoms with Gasteiger partial charge >= 0.3 is 0 Å². The van der Waals surface area contributed by atoms with Gasteiger partial charge in [0.2, 0.25) is 0 Å². The number of hydrogen-bond donors (Lipinski definition) is 0. The largest absolute Gasteiger partial charge is 0.374 e. The van der Waals surface area contributed by atoms with Crippen LogP contribution in [0.3, 0.4) is 0 Å². The standard InChI is InChI=1S/C16H22O3/c1-4-16(10-14(17)15(2,3)19-16)12-18-11-13-8-6-5-7-9-13/h5-9H,4,10-12H2,1-3H3. The molecule has 1 unspecified atom stereocenters. The van der Waals surface area contributed by atoms with Crippen molar-refractivity contribution in [3.8, 4) is 0 Å². The lowest BCUT2D eigenvalue weighted by Crippen LogP contribution is -2.36. The number of ether oxygens (including phenoxy) is 2. The van der Waals surface area contributed by atoms with Gasteiger partial charge in [-0.1, -0.05) is 37.3 Å². The highest BCUT2D eigenvalue weighted by Crippen LogP contribution is 2.37. The molecule has 0 N–H and O–H groups in total. The van der Waals surface area contributed by atoms with Gasteiger partial charge in [-0.3, -0.25) is 4.79 Å². The second-order valence-corrected chi connectivity index (χ2v) is 5.73. The maximum Gasteiger partial charge on any atom is 0.167 e. The van der Waals surface area contributed by atoms with Crippen molar-refractivity contribution < 1.29 is 14.3 Å². The van der Waals surface area contributed by atoms with E-state index in [1.54, 1.807) is 0 Å². The van der Waals surface area contributed by atoms with Gasteiger partial charge in [-0.05, 0) is 25.8 Å². The van der Waals surface area contributed by atoms with Crippen molar-refractivity contribution in [2.24, 2.45) is 0 Å². The Morgan fingerprint density at radius 2 is 1.95 bits per heavy atom. The number of benzene rings is 1. The molecule has 1 aliphatic rings. The second kappa shape index (κ2) is 5.43. The van der Waals surface area contributed by atoms with Gasteiger partial charge < -0.3 is 9.47 Å². The fraction of sp³-hybridized carbons (Fsp3) is 0.562. The third-order valence-corrected chi connectivity index (χ3v) is 3.75. The maximum absolute atomic E-state index is 11.9. The average molecular weight is 262 g/mol. The number of Topliss-reactive ketones (excluding diaryl/α,β-unsaturated/α-hetero) is 1. The molecular formula is C16H22O3. The van der Waals surface area contributed by atoms with Gasteiger partial charge in [0.25, 0.3) is 0 Å². The van der Waals surface area contributed by atoms with Crippen molar-refractivity contribution in [1.82, 2.24) is 0 Å². The zero-order chi connectivity index (χ0) is 13.9. The first-order valence-electron chi connectivity index (χ1n) is 6.83. The molecule has 19 heavy (non-hydrogen) atoms. The van der Waals surface area contributed by atoms with E-state index >= 15 is 0 Å². The lowest BCUT2D eigenvalue weighted by atomic mass is 9.95. The highest BCUT2D eigenvalue weighted by atomic mass is 16.6. The Labute approximate surface area is 114 Å². The van der Waals surface area contributed by atoms with Crippen LogP contribution in [0.1, 0.15) is 39.2 Å². The molecule has 2 rings (SSSR count). The molecular weight excluding hydrogens is 240 g/mol. The molecule has 0 aliphatic carbocycles. The molecule has 0 spiro atoms. The Balaban J connectivity index is 1.92. The summed E-state index contributed by atoms with van der Waals surface area (Å²) >= 11 is 0. The Morgan fingerprint density at radius 1 is 1.26 bits per heavy atom. The van der Waals surface area contributed by atoms with Crippen LogP contribution in [0.5, 0.6) is 0 Å². The first-order chi connectivity index (χ1) is 8.97. The topological polar surface area (TPSA) is 35.5 Å². The summed E-state index contributed by atoms with van der Waals surface area (Å²) in [4.78, 5) is 11.9. The van der Waals surface area contributed by atoms with Crippen molar-refractivity contribution in [3.05, 3.63) is 35.9 Å². The number of hydrogen-bond acceptors (Lipinski definition) is 3. The third-order valence-electron chi connectivity index (χ3n) is 3.75. The molecule has 0 amide bonds. The fourth-order valence-corrected chi connectivity index (χ4v) is 2.45. The van der Waals surface area contributed by atoms with Crippen LogP contribution in [-0.4, -0.2) is 23.6 Å². The van der Waals surface area contributed by atoms with Crippen LogP contribution in [0.4, 0.5) is 0 Å². The van der Waals surface area contributed by atoms with Crippen LogP contribution in [0.15, 0.2) is 30.3 Å². The van der Waals surface area contributed by atoms with Crippen LogP contribution < -0.4 is 0 Å². The summed E-state index contributed by atoms with van der Waals surface area (Å²) in [6.45, 7) is 6.74. The molecule has 0 aromatic heterocycles. The van der Waals surface area contributed by atoms with Crippen molar-refractivity contribution in [2.45, 2.75) is 51.4 Å². The van der Waals surface area contributed by atoms with E-state index in [4.69, 9.17) is 9.47 Å². The predicted octanol–water partition coefficient (Wildman–Crippen LogP) is 3.12. The van der Waals surface area contributed by atoms with Gasteiger partial charge in [0.05, 0.1) is 18.8 Å². The minimum atomic E-state index is -0.674. The van der Waals surface area contributed by atoms with Crippen LogP contribution in [0, 0.1) is 0 Å². The zero-order valence-electron chi connectivity index (χ0n) is 11.9. The molecule has 0 saturated carbocycles. The lowest BCUT2D eigenvalue weighted by Gasteiger charge is -2.29. The third kappa shape index (κ3) is 3.23. The van der Waals surface area contributed by atoms with E-state index in [-0.39, 0.29) is 5.78 Å². The molecule has 1 heterocycles. The fourth-order valence-electron chi connectivity index (χ4n) is 2.45. The summed E-state index contributed by atoms with van der Waals surface area (Å²) in [5.74, 6) is 0.165. The molecule has 3 nitrogen and oxygen atoms in total. The predicted molar refractivity (Wildman–Crippen MR) is 73.9 cm³/mol. The van der Waals surface area contributed by atoms with E-state index in [9.17, 15) is 4.79 Å². The molecule has 1 aromatic carbocycles. The van der Waals surface area contributed by atoms with Gasteiger partial charge in [0.15, 0.2) is 5.78 Å². The van der Waals surface area contributed by atoms with Crippen molar-refractivity contribution >= 4 is 5.78 Å². The van der Waals surface area contributed by atoms with E-state index in [2.05, 4.69) is 0 Å². The van der Waals surface area contributed by atoms with Gasteiger partial charge in [0.1, 0.15) is 5.60 Å². The monoisotopic (exact) mass is 262 g/mol. The Morgan fingerprint density at radius 3 is 2.47 bits per heavy atom. The lowest BCUT2D eigenvalue weighted by molar-refractivity contribution is -0.142. The van der Waals surface area contributed by atoms with Gasteiger partial charge in [-0.15, -0.1) is 0 Å². The van der Waals surface area contributed by atoms with Gasteiger partial charge in [-0.25, -0.2) is 0 Å². The SMILES string of the molecule is CCC1(COCc2ccccc2)CC(=O)C(C)(C)O1. The van der Waals surface area contributed by atoms with Crippen molar-refractivity contribution in [1.29, 1.82) is 0 Å². The molecule has 1 aromatic rings. The molecule has 1 saturated heterocycles. The molecule has 1 atom stereocenters. The Bertz CT molecular complexity index is 439. The summed E-state index contributed by atoms with van der Waals surface area (Å²) in [5, 5.41) is 0. The zero-order valence-corrected chi connectivity index (χ0v) is 11.9. The van der Waals surface area contributed by atoms with E-state index < -0.39 is 11.2 Å². The molecule has 0 bridgehead atoms. The number of carbonyl (C=O) groups excluding carboxylic acids is 1. The first kappa shape index (κ1) is 14.2.